The number of likely N-dealkylation sites (tertiary alicyclic amines) is 1. The third kappa shape index (κ3) is 4.25. The highest BCUT2D eigenvalue weighted by molar-refractivity contribution is 5.91. The van der Waals surface area contributed by atoms with Gasteiger partial charge in [-0.05, 0) is 61.5 Å². The topological polar surface area (TPSA) is 61.0 Å². The number of anilines is 1. The van der Waals surface area contributed by atoms with E-state index in [1.807, 2.05) is 19.1 Å². The summed E-state index contributed by atoms with van der Waals surface area (Å²) in [6.07, 6.45) is 5.97. The van der Waals surface area contributed by atoms with E-state index in [4.69, 9.17) is 4.98 Å². The van der Waals surface area contributed by atoms with Gasteiger partial charge in [-0.1, -0.05) is 37.3 Å². The highest BCUT2D eigenvalue weighted by atomic mass is 16.1. The molecule has 146 valence electrons. The molecule has 5 nitrogen and oxygen atoms in total. The minimum Gasteiger partial charge on any atom is -0.360 e. The molecule has 1 aliphatic rings. The number of nitrogens with one attached hydrogen (secondary N) is 2. The van der Waals surface area contributed by atoms with Gasteiger partial charge in [0.15, 0.2) is 0 Å². The lowest BCUT2D eigenvalue weighted by Crippen LogP contribution is -2.34. The Bertz CT molecular complexity index is 926. The Balaban J connectivity index is 1.39. The van der Waals surface area contributed by atoms with Crippen LogP contribution in [0, 0.1) is 0 Å². The van der Waals surface area contributed by atoms with Gasteiger partial charge in [0.05, 0.1) is 11.0 Å². The van der Waals surface area contributed by atoms with E-state index in [0.717, 1.165) is 49.9 Å². The van der Waals surface area contributed by atoms with Crippen molar-refractivity contribution < 1.29 is 4.79 Å². The van der Waals surface area contributed by atoms with E-state index in [1.165, 1.54) is 11.1 Å². The third-order valence-corrected chi connectivity index (χ3v) is 5.73. The van der Waals surface area contributed by atoms with Crippen LogP contribution >= 0.6 is 0 Å². The summed E-state index contributed by atoms with van der Waals surface area (Å²) in [7, 11) is 0. The molecule has 4 rings (SSSR count). The Morgan fingerprint density at radius 1 is 1.18 bits per heavy atom. The van der Waals surface area contributed by atoms with Gasteiger partial charge in [0, 0.05) is 19.2 Å². The molecule has 3 aromatic rings. The molecule has 0 saturated carbocycles. The molecular weight excluding hydrogens is 348 g/mol. The van der Waals surface area contributed by atoms with Crippen molar-refractivity contribution in [2.45, 2.75) is 38.5 Å². The highest BCUT2D eigenvalue weighted by Crippen LogP contribution is 2.33. The maximum Gasteiger partial charge on any atom is 0.225 e. The Morgan fingerprint density at radius 2 is 1.96 bits per heavy atom. The van der Waals surface area contributed by atoms with Gasteiger partial charge < -0.3 is 15.2 Å². The van der Waals surface area contributed by atoms with Crippen LogP contribution in [0.3, 0.4) is 0 Å². The van der Waals surface area contributed by atoms with E-state index in [9.17, 15) is 4.79 Å². The van der Waals surface area contributed by atoms with Crippen LogP contribution in [-0.2, 0) is 11.2 Å². The predicted octanol–water partition coefficient (Wildman–Crippen LogP) is 4.33. The normalized spacial score (nSPS) is 15.8. The van der Waals surface area contributed by atoms with Crippen LogP contribution in [0.2, 0.25) is 0 Å². The average molecular weight is 377 g/mol. The minimum absolute atomic E-state index is 0.00402. The molecule has 1 aliphatic heterocycles. The van der Waals surface area contributed by atoms with Crippen LogP contribution in [0.25, 0.3) is 11.0 Å². The monoisotopic (exact) mass is 376 g/mol. The number of benzene rings is 1. The first-order valence-electron chi connectivity index (χ1n) is 10.3. The molecular formula is C23H28N4O. The lowest BCUT2D eigenvalue weighted by atomic mass is 9.90. The van der Waals surface area contributed by atoms with Crippen molar-refractivity contribution >= 4 is 22.8 Å². The zero-order valence-electron chi connectivity index (χ0n) is 16.4. The maximum atomic E-state index is 11.7. The van der Waals surface area contributed by atoms with E-state index in [-0.39, 0.29) is 5.91 Å². The first kappa shape index (κ1) is 18.7. The first-order chi connectivity index (χ1) is 13.7. The number of nitrogens with zero attached hydrogens (tertiary/aromatic N) is 2. The third-order valence-electron chi connectivity index (χ3n) is 5.73. The zero-order chi connectivity index (χ0) is 19.3. The number of amides is 1. The number of aromatic nitrogens is 2. The molecule has 0 radical (unpaired) electrons. The number of piperidine rings is 1. The number of carbonyl (C=O) groups is 1. The summed E-state index contributed by atoms with van der Waals surface area (Å²) in [5.41, 5.74) is 4.73. The van der Waals surface area contributed by atoms with Crippen molar-refractivity contribution in [2.24, 2.45) is 0 Å². The molecule has 1 amide bonds. The van der Waals surface area contributed by atoms with Crippen molar-refractivity contribution in [3.63, 3.8) is 0 Å². The quantitative estimate of drug-likeness (QED) is 0.673. The van der Waals surface area contributed by atoms with E-state index in [0.29, 0.717) is 18.2 Å². The number of H-pyrrole nitrogens is 1. The molecule has 0 spiro atoms. The molecule has 28 heavy (non-hydrogen) atoms. The molecule has 1 aromatic carbocycles. The van der Waals surface area contributed by atoms with Crippen molar-refractivity contribution in [1.82, 2.24) is 14.9 Å². The highest BCUT2D eigenvalue weighted by Gasteiger charge is 2.23. The van der Waals surface area contributed by atoms with E-state index < -0.39 is 0 Å². The summed E-state index contributed by atoms with van der Waals surface area (Å²) < 4.78 is 0. The molecule has 0 unspecified atom stereocenters. The van der Waals surface area contributed by atoms with Crippen LogP contribution in [0.4, 0.5) is 5.82 Å². The summed E-state index contributed by atoms with van der Waals surface area (Å²) in [5.74, 6) is 1.16. The average Bonchev–Trinajstić information content (AvgIpc) is 3.16. The van der Waals surface area contributed by atoms with Crippen molar-refractivity contribution in [2.75, 3.05) is 25.0 Å². The van der Waals surface area contributed by atoms with Gasteiger partial charge in [-0.2, -0.15) is 0 Å². The van der Waals surface area contributed by atoms with Crippen molar-refractivity contribution in [3.8, 4) is 0 Å². The summed E-state index contributed by atoms with van der Waals surface area (Å²) >= 11 is 0. The van der Waals surface area contributed by atoms with Crippen LogP contribution in [0.1, 0.15) is 43.2 Å². The number of hydrogen-bond acceptors (Lipinski definition) is 3. The molecule has 5 heteroatoms. The minimum atomic E-state index is -0.00402. The molecule has 2 aromatic heterocycles. The van der Waals surface area contributed by atoms with E-state index >= 15 is 0 Å². The predicted molar refractivity (Wildman–Crippen MR) is 114 cm³/mol. The summed E-state index contributed by atoms with van der Waals surface area (Å²) in [4.78, 5) is 22.3. The van der Waals surface area contributed by atoms with Gasteiger partial charge in [0.25, 0.3) is 0 Å². The maximum absolute atomic E-state index is 11.7. The lowest BCUT2D eigenvalue weighted by Gasteiger charge is -2.31. The standard InChI is InChI=1S/C23H28N4O/c1-2-22(28)25-21-9-8-20-23(26-21)19(16-24-20)18-11-14-27(15-12-18)13-10-17-6-4-3-5-7-17/h3-9,16,18,24H,2,10-15H2,1H3,(H,25,26,28). The van der Waals surface area contributed by atoms with Gasteiger partial charge in [-0.15, -0.1) is 0 Å². The second kappa shape index (κ2) is 8.57. The van der Waals surface area contributed by atoms with Gasteiger partial charge in [-0.3, -0.25) is 4.79 Å². The Kier molecular flexibility index (Phi) is 5.72. The Labute approximate surface area is 166 Å². The molecule has 1 fully saturated rings. The lowest BCUT2D eigenvalue weighted by molar-refractivity contribution is -0.115. The summed E-state index contributed by atoms with van der Waals surface area (Å²) in [6, 6.07) is 14.6. The first-order valence-corrected chi connectivity index (χ1v) is 10.3. The second-order valence-electron chi connectivity index (χ2n) is 7.59. The number of fused-ring (bicyclic) bond motifs is 1. The molecule has 0 atom stereocenters. The van der Waals surface area contributed by atoms with Crippen LogP contribution < -0.4 is 5.32 Å². The zero-order valence-corrected chi connectivity index (χ0v) is 16.4. The second-order valence-corrected chi connectivity index (χ2v) is 7.59. The van der Waals surface area contributed by atoms with Crippen molar-refractivity contribution in [1.29, 1.82) is 0 Å². The summed E-state index contributed by atoms with van der Waals surface area (Å²) in [5, 5.41) is 2.87. The van der Waals surface area contributed by atoms with E-state index in [2.05, 4.69) is 51.7 Å². The van der Waals surface area contributed by atoms with Crippen LogP contribution in [0.5, 0.6) is 0 Å². The Morgan fingerprint density at radius 3 is 2.71 bits per heavy atom. The van der Waals surface area contributed by atoms with E-state index in [1.54, 1.807) is 0 Å². The SMILES string of the molecule is CCC(=O)Nc1ccc2[nH]cc(C3CCN(CCc4ccccc4)CC3)c2n1. The number of aromatic amines is 1. The fourth-order valence-electron chi connectivity index (χ4n) is 4.03. The van der Waals surface area contributed by atoms with Crippen LogP contribution in [0.15, 0.2) is 48.7 Å². The van der Waals surface area contributed by atoms with Gasteiger partial charge in [-0.25, -0.2) is 4.98 Å². The molecule has 0 bridgehead atoms. The number of pyridine rings is 1. The molecule has 2 N–H and O–H groups in total. The van der Waals surface area contributed by atoms with Crippen molar-refractivity contribution in [3.05, 3.63) is 59.8 Å². The number of hydrogen-bond donors (Lipinski definition) is 2. The van der Waals surface area contributed by atoms with Gasteiger partial charge in [0.1, 0.15) is 5.82 Å². The molecule has 0 aliphatic carbocycles. The largest absolute Gasteiger partial charge is 0.360 e. The summed E-state index contributed by atoms with van der Waals surface area (Å²) in [6.45, 7) is 5.21. The fraction of sp³-hybridized carbons (Fsp3) is 0.391. The van der Waals surface area contributed by atoms with Gasteiger partial charge in [0.2, 0.25) is 5.91 Å². The number of carbonyl (C=O) groups excluding carboxylic acids is 1. The Hall–Kier alpha value is -2.66. The number of rotatable bonds is 6. The molecule has 1 saturated heterocycles. The smallest absolute Gasteiger partial charge is 0.225 e. The fourth-order valence-corrected chi connectivity index (χ4v) is 4.03. The van der Waals surface area contributed by atoms with Crippen LogP contribution in [-0.4, -0.2) is 40.4 Å². The van der Waals surface area contributed by atoms with Gasteiger partial charge >= 0.3 is 0 Å². The molecule has 3 heterocycles.